The third kappa shape index (κ3) is 4.48. The van der Waals surface area contributed by atoms with Crippen LogP contribution < -0.4 is 21.3 Å². The normalized spacial score (nSPS) is 31.8. The Morgan fingerprint density at radius 1 is 0.806 bits per heavy atom. The minimum Gasteiger partial charge on any atom is -0.338 e. The van der Waals surface area contributed by atoms with E-state index in [4.69, 9.17) is 0 Å². The minimum atomic E-state index is -0.199. The number of carbonyl (C=O) groups excluding carboxylic acids is 2. The van der Waals surface area contributed by atoms with Crippen LogP contribution in [0.15, 0.2) is 42.5 Å². The van der Waals surface area contributed by atoms with E-state index in [1.165, 1.54) is 25.7 Å². The molecule has 0 aromatic heterocycles. The molecule has 4 N–H and O–H groups in total. The average Bonchev–Trinajstić information content (AvgIpc) is 3.55. The number of carbonyl (C=O) groups is 2. The molecule has 4 bridgehead atoms. The lowest BCUT2D eigenvalue weighted by molar-refractivity contribution is 0.248. The number of rotatable bonds is 6. The highest BCUT2D eigenvalue weighted by atomic mass is 16.2. The van der Waals surface area contributed by atoms with Crippen molar-refractivity contribution in [3.05, 3.63) is 48.1 Å². The predicted octanol–water partition coefficient (Wildman–Crippen LogP) is 4.66. The molecule has 6 nitrogen and oxygen atoms in total. The zero-order chi connectivity index (χ0) is 21.4. The Morgan fingerprint density at radius 3 is 1.90 bits per heavy atom. The monoisotopic (exact) mass is 420 g/mol. The van der Waals surface area contributed by atoms with Crippen molar-refractivity contribution in [2.45, 2.75) is 32.6 Å². The number of amides is 4. The molecule has 2 saturated carbocycles. The van der Waals surface area contributed by atoms with E-state index in [0.29, 0.717) is 60.0 Å². The Bertz CT molecular complexity index is 924. The van der Waals surface area contributed by atoms with Crippen LogP contribution >= 0.6 is 0 Å². The van der Waals surface area contributed by atoms with Crippen LogP contribution in [0.3, 0.4) is 0 Å². The number of nitrogens with one attached hydrogen (secondary N) is 4. The number of hydrogen-bond acceptors (Lipinski definition) is 2. The topological polar surface area (TPSA) is 82.3 Å². The number of aryl methyl sites for hydroxylation is 1. The molecule has 1 aromatic carbocycles. The van der Waals surface area contributed by atoms with Crippen LogP contribution in [0.5, 0.6) is 0 Å². The fourth-order valence-electron chi connectivity index (χ4n) is 5.88. The highest BCUT2D eigenvalue weighted by Crippen LogP contribution is 2.43. The number of benzene rings is 1. The maximum Gasteiger partial charge on any atom is 0.319 e. The number of anilines is 2. The Morgan fingerprint density at radius 2 is 1.39 bits per heavy atom. The molecule has 6 heteroatoms. The van der Waals surface area contributed by atoms with Gasteiger partial charge >= 0.3 is 12.1 Å². The lowest BCUT2D eigenvalue weighted by Crippen LogP contribution is -2.35. The molecule has 6 unspecified atom stereocenters. The number of fused-ring (bicyclic) bond motifs is 4. The van der Waals surface area contributed by atoms with Gasteiger partial charge in [-0.3, -0.25) is 0 Å². The lowest BCUT2D eigenvalue weighted by atomic mass is 9.94. The van der Waals surface area contributed by atoms with Gasteiger partial charge in [-0.2, -0.15) is 0 Å². The molecule has 0 radical (unpaired) electrons. The number of urea groups is 2. The summed E-state index contributed by atoms with van der Waals surface area (Å²) < 4.78 is 0. The Kier molecular flexibility index (Phi) is 5.47. The maximum atomic E-state index is 12.4. The molecular formula is C25H32N4O2. The molecular weight excluding hydrogens is 388 g/mol. The zero-order valence-corrected chi connectivity index (χ0v) is 18.1. The molecule has 4 aliphatic carbocycles. The quantitative estimate of drug-likeness (QED) is 0.505. The smallest absolute Gasteiger partial charge is 0.319 e. The molecule has 6 atom stereocenters. The fraction of sp³-hybridized carbons (Fsp3) is 0.520. The summed E-state index contributed by atoms with van der Waals surface area (Å²) in [6.07, 6.45) is 14.1. The van der Waals surface area contributed by atoms with Crippen LogP contribution in [0.1, 0.15) is 31.2 Å². The highest BCUT2D eigenvalue weighted by molar-refractivity contribution is 5.93. The van der Waals surface area contributed by atoms with E-state index >= 15 is 0 Å². The Hall–Kier alpha value is -2.76. The SMILES string of the molecule is Cc1ccc(NC(=O)NCC2CC3C=CC2C3)cc1NC(=O)NCC1CC2C=CC1C2. The van der Waals surface area contributed by atoms with Crippen LogP contribution in [0.4, 0.5) is 21.0 Å². The second kappa shape index (κ2) is 8.40. The van der Waals surface area contributed by atoms with E-state index in [-0.39, 0.29) is 12.1 Å². The van der Waals surface area contributed by atoms with Gasteiger partial charge in [0.15, 0.2) is 0 Å². The first-order valence-corrected chi connectivity index (χ1v) is 11.6. The molecule has 2 fully saturated rings. The fourth-order valence-corrected chi connectivity index (χ4v) is 5.88. The van der Waals surface area contributed by atoms with Crippen molar-refractivity contribution in [2.75, 3.05) is 23.7 Å². The van der Waals surface area contributed by atoms with Gasteiger partial charge in [-0.25, -0.2) is 9.59 Å². The molecule has 164 valence electrons. The van der Waals surface area contributed by atoms with E-state index in [9.17, 15) is 9.59 Å². The molecule has 4 aliphatic rings. The van der Waals surface area contributed by atoms with Gasteiger partial charge in [0.1, 0.15) is 0 Å². The van der Waals surface area contributed by atoms with Crippen molar-refractivity contribution in [3.63, 3.8) is 0 Å². The molecule has 5 rings (SSSR count). The van der Waals surface area contributed by atoms with Crippen molar-refractivity contribution >= 4 is 23.4 Å². The summed E-state index contributed by atoms with van der Waals surface area (Å²) in [5.74, 6) is 3.74. The summed E-state index contributed by atoms with van der Waals surface area (Å²) in [7, 11) is 0. The molecule has 31 heavy (non-hydrogen) atoms. The van der Waals surface area contributed by atoms with Gasteiger partial charge in [-0.15, -0.1) is 0 Å². The van der Waals surface area contributed by atoms with Crippen molar-refractivity contribution in [3.8, 4) is 0 Å². The lowest BCUT2D eigenvalue weighted by Gasteiger charge is -2.19. The summed E-state index contributed by atoms with van der Waals surface area (Å²) in [6, 6.07) is 5.19. The van der Waals surface area contributed by atoms with Gasteiger partial charge in [0.05, 0.1) is 0 Å². The average molecular weight is 421 g/mol. The van der Waals surface area contributed by atoms with Gasteiger partial charge in [0, 0.05) is 24.5 Å². The van der Waals surface area contributed by atoms with Gasteiger partial charge in [0.2, 0.25) is 0 Å². The molecule has 0 aliphatic heterocycles. The highest BCUT2D eigenvalue weighted by Gasteiger charge is 2.36. The third-order valence-electron chi connectivity index (χ3n) is 7.63. The van der Waals surface area contributed by atoms with Crippen molar-refractivity contribution < 1.29 is 9.59 Å². The predicted molar refractivity (Wildman–Crippen MR) is 123 cm³/mol. The van der Waals surface area contributed by atoms with Crippen molar-refractivity contribution in [1.29, 1.82) is 0 Å². The van der Waals surface area contributed by atoms with E-state index in [2.05, 4.69) is 45.6 Å². The zero-order valence-electron chi connectivity index (χ0n) is 18.1. The summed E-state index contributed by atoms with van der Waals surface area (Å²) in [4.78, 5) is 24.8. The second-order valence-corrected chi connectivity index (χ2v) is 9.78. The van der Waals surface area contributed by atoms with Crippen LogP contribution in [0, 0.1) is 42.4 Å². The molecule has 0 spiro atoms. The third-order valence-corrected chi connectivity index (χ3v) is 7.63. The largest absolute Gasteiger partial charge is 0.338 e. The van der Waals surface area contributed by atoms with E-state index in [1.807, 2.05) is 25.1 Å². The van der Waals surface area contributed by atoms with Gasteiger partial charge in [0.25, 0.3) is 0 Å². The summed E-state index contributed by atoms with van der Waals surface area (Å²) in [5.41, 5.74) is 2.34. The molecule has 4 amide bonds. The summed E-state index contributed by atoms with van der Waals surface area (Å²) in [6.45, 7) is 3.35. The second-order valence-electron chi connectivity index (χ2n) is 9.78. The van der Waals surface area contributed by atoms with Crippen molar-refractivity contribution in [1.82, 2.24) is 10.6 Å². The number of allylic oxidation sites excluding steroid dienone is 4. The van der Waals surface area contributed by atoms with Crippen LogP contribution in [-0.4, -0.2) is 25.2 Å². The van der Waals surface area contributed by atoms with E-state index in [0.717, 1.165) is 5.56 Å². The minimum absolute atomic E-state index is 0.194. The first kappa shape index (κ1) is 20.2. The first-order valence-electron chi connectivity index (χ1n) is 11.6. The van der Waals surface area contributed by atoms with Crippen LogP contribution in [0.25, 0.3) is 0 Å². The maximum absolute atomic E-state index is 12.4. The molecule has 0 saturated heterocycles. The number of hydrogen-bond donors (Lipinski definition) is 4. The Balaban J connectivity index is 1.10. The van der Waals surface area contributed by atoms with Crippen LogP contribution in [0.2, 0.25) is 0 Å². The van der Waals surface area contributed by atoms with Crippen LogP contribution in [-0.2, 0) is 0 Å². The summed E-state index contributed by atoms with van der Waals surface area (Å²) in [5, 5.41) is 11.9. The van der Waals surface area contributed by atoms with Crippen molar-refractivity contribution in [2.24, 2.45) is 35.5 Å². The molecule has 1 aromatic rings. The van der Waals surface area contributed by atoms with Gasteiger partial charge in [-0.1, -0.05) is 30.4 Å². The standard InChI is InChI=1S/C25H32N4O2/c1-15-2-7-22(28-24(30)26-13-20-10-16-3-5-18(20)8-16)12-23(15)29-25(31)27-14-21-11-17-4-6-19(21)9-17/h2-7,12,16-21H,8-11,13-14H2,1H3,(H2,26,28,30)(H2,27,29,31). The summed E-state index contributed by atoms with van der Waals surface area (Å²) >= 11 is 0. The first-order chi connectivity index (χ1) is 15.0. The molecule has 0 heterocycles. The van der Waals surface area contributed by atoms with E-state index < -0.39 is 0 Å². The van der Waals surface area contributed by atoms with E-state index in [1.54, 1.807) is 0 Å². The van der Waals surface area contributed by atoms with Gasteiger partial charge < -0.3 is 21.3 Å². The van der Waals surface area contributed by atoms with Gasteiger partial charge in [-0.05, 0) is 85.8 Å². The Labute approximate surface area is 183 Å².